The van der Waals surface area contributed by atoms with Crippen LogP contribution in [-0.4, -0.2) is 5.91 Å². The van der Waals surface area contributed by atoms with Crippen LogP contribution >= 0.6 is 0 Å². The molecule has 0 aromatic heterocycles. The minimum atomic E-state index is -0.274. The Morgan fingerprint density at radius 2 is 2.06 bits per heavy atom. The molecule has 1 rings (SSSR count). The van der Waals surface area contributed by atoms with Gasteiger partial charge in [-0.3, -0.25) is 4.79 Å². The molecule has 2 N–H and O–H groups in total. The molecule has 0 saturated carbocycles. The van der Waals surface area contributed by atoms with E-state index in [2.05, 4.69) is 37.3 Å². The third kappa shape index (κ3) is 5.34. The zero-order chi connectivity index (χ0) is 12.5. The van der Waals surface area contributed by atoms with Crippen molar-refractivity contribution in [3.63, 3.8) is 0 Å². The van der Waals surface area contributed by atoms with Gasteiger partial charge in [-0.25, -0.2) is 0 Å². The van der Waals surface area contributed by atoms with Crippen LogP contribution in [0.5, 0.6) is 0 Å². The number of primary amides is 1. The van der Waals surface area contributed by atoms with Gasteiger partial charge in [0, 0.05) is 12.3 Å². The number of hydrogen-bond donors (Lipinski definition) is 1. The van der Waals surface area contributed by atoms with Crippen molar-refractivity contribution in [3.05, 3.63) is 48.0 Å². The average Bonchev–Trinajstić information content (AvgIpc) is 2.34. The van der Waals surface area contributed by atoms with Crippen LogP contribution in [0.3, 0.4) is 0 Å². The lowest BCUT2D eigenvalue weighted by atomic mass is 9.93. The highest BCUT2D eigenvalue weighted by molar-refractivity contribution is 5.75. The molecule has 1 unspecified atom stereocenters. The lowest BCUT2D eigenvalue weighted by Gasteiger charge is -2.12. The minimum Gasteiger partial charge on any atom is -0.369 e. The van der Waals surface area contributed by atoms with E-state index in [-0.39, 0.29) is 5.91 Å². The summed E-state index contributed by atoms with van der Waals surface area (Å²) in [5, 5.41) is 0. The van der Waals surface area contributed by atoms with Gasteiger partial charge < -0.3 is 5.73 Å². The Balaban J connectivity index is 2.67. The van der Waals surface area contributed by atoms with Crippen molar-refractivity contribution >= 4 is 5.91 Å². The van der Waals surface area contributed by atoms with Crippen molar-refractivity contribution in [3.8, 4) is 0 Å². The van der Waals surface area contributed by atoms with E-state index < -0.39 is 0 Å². The van der Waals surface area contributed by atoms with Crippen LogP contribution in [0.15, 0.2) is 42.5 Å². The van der Waals surface area contributed by atoms with Crippen molar-refractivity contribution in [1.82, 2.24) is 0 Å². The highest BCUT2D eigenvalue weighted by Crippen LogP contribution is 2.23. The van der Waals surface area contributed by atoms with E-state index in [0.29, 0.717) is 12.3 Å². The number of carbonyl (C=O) groups is 1. The van der Waals surface area contributed by atoms with Crippen LogP contribution in [0.2, 0.25) is 0 Å². The Bertz CT molecular complexity index is 356. The Hall–Kier alpha value is -1.57. The number of amides is 1. The first-order valence-corrected chi connectivity index (χ1v) is 6.24. The van der Waals surface area contributed by atoms with E-state index in [1.54, 1.807) is 0 Å². The molecule has 0 saturated heterocycles. The van der Waals surface area contributed by atoms with E-state index in [1.165, 1.54) is 18.4 Å². The molecule has 0 aliphatic heterocycles. The summed E-state index contributed by atoms with van der Waals surface area (Å²) in [6.07, 6.45) is 7.82. The van der Waals surface area contributed by atoms with Crippen LogP contribution in [0, 0.1) is 0 Å². The summed E-state index contributed by atoms with van der Waals surface area (Å²) in [7, 11) is 0. The predicted molar refractivity (Wildman–Crippen MR) is 71.7 cm³/mol. The number of hydrogen-bond acceptors (Lipinski definition) is 1. The molecule has 0 radical (unpaired) electrons. The monoisotopic (exact) mass is 231 g/mol. The zero-order valence-electron chi connectivity index (χ0n) is 10.4. The maximum absolute atomic E-state index is 10.7. The average molecular weight is 231 g/mol. The van der Waals surface area contributed by atoms with Gasteiger partial charge in [-0.2, -0.15) is 0 Å². The summed E-state index contributed by atoms with van der Waals surface area (Å²) < 4.78 is 0. The number of allylic oxidation sites excluding steroid dienone is 1. The molecule has 0 aliphatic carbocycles. The van der Waals surface area contributed by atoms with Gasteiger partial charge >= 0.3 is 0 Å². The van der Waals surface area contributed by atoms with Crippen LogP contribution in [-0.2, 0) is 4.79 Å². The second-order valence-electron chi connectivity index (χ2n) is 4.26. The Morgan fingerprint density at radius 1 is 1.35 bits per heavy atom. The van der Waals surface area contributed by atoms with Gasteiger partial charge in [0.15, 0.2) is 0 Å². The third-order valence-corrected chi connectivity index (χ3v) is 2.78. The quantitative estimate of drug-likeness (QED) is 0.718. The molecule has 0 bridgehead atoms. The molecule has 0 fully saturated rings. The zero-order valence-corrected chi connectivity index (χ0v) is 10.4. The Morgan fingerprint density at radius 3 is 2.65 bits per heavy atom. The summed E-state index contributed by atoms with van der Waals surface area (Å²) in [5.74, 6) is 0.124. The smallest absolute Gasteiger partial charge is 0.221 e. The molecule has 17 heavy (non-hydrogen) atoms. The topological polar surface area (TPSA) is 43.1 Å². The van der Waals surface area contributed by atoms with Crippen molar-refractivity contribution < 1.29 is 4.79 Å². The van der Waals surface area contributed by atoms with E-state index in [9.17, 15) is 4.79 Å². The molecule has 0 heterocycles. The van der Waals surface area contributed by atoms with Crippen LogP contribution in [0.25, 0.3) is 0 Å². The maximum atomic E-state index is 10.7. The van der Waals surface area contributed by atoms with Crippen molar-refractivity contribution in [2.45, 2.75) is 38.5 Å². The van der Waals surface area contributed by atoms with Gasteiger partial charge in [0.25, 0.3) is 0 Å². The van der Waals surface area contributed by atoms with Crippen molar-refractivity contribution in [2.24, 2.45) is 5.73 Å². The fourth-order valence-corrected chi connectivity index (χ4v) is 1.85. The Labute approximate surface area is 104 Å². The number of nitrogens with two attached hydrogens (primary N) is 1. The lowest BCUT2D eigenvalue weighted by Crippen LogP contribution is -2.08. The van der Waals surface area contributed by atoms with Gasteiger partial charge in [0.1, 0.15) is 0 Å². The molecule has 1 amide bonds. The molecule has 1 atom stereocenters. The van der Waals surface area contributed by atoms with Gasteiger partial charge in [-0.05, 0) is 12.0 Å². The molecule has 2 heteroatoms. The maximum Gasteiger partial charge on any atom is 0.221 e. The first-order chi connectivity index (χ1) is 8.24. The number of benzene rings is 1. The normalized spacial score (nSPS) is 12.8. The van der Waals surface area contributed by atoms with Crippen LogP contribution in [0.4, 0.5) is 0 Å². The van der Waals surface area contributed by atoms with E-state index in [1.807, 2.05) is 12.1 Å². The highest BCUT2D eigenvalue weighted by atomic mass is 16.1. The SMILES string of the molecule is CCCCC(/C=C/CC(N)=O)c1ccccc1. The van der Waals surface area contributed by atoms with Gasteiger partial charge in [0.05, 0.1) is 0 Å². The van der Waals surface area contributed by atoms with E-state index in [4.69, 9.17) is 5.73 Å². The second kappa shape index (κ2) is 7.66. The van der Waals surface area contributed by atoms with E-state index in [0.717, 1.165) is 6.42 Å². The number of rotatable bonds is 7. The van der Waals surface area contributed by atoms with Crippen molar-refractivity contribution in [2.75, 3.05) is 0 Å². The summed E-state index contributed by atoms with van der Waals surface area (Å²) >= 11 is 0. The molecule has 1 aromatic rings. The first kappa shape index (κ1) is 13.5. The molecule has 2 nitrogen and oxygen atoms in total. The molecular weight excluding hydrogens is 210 g/mol. The Kier molecular flexibility index (Phi) is 6.08. The number of carbonyl (C=O) groups excluding carboxylic acids is 1. The van der Waals surface area contributed by atoms with Crippen LogP contribution < -0.4 is 5.73 Å². The fraction of sp³-hybridized carbons (Fsp3) is 0.400. The molecular formula is C15H21NO. The summed E-state index contributed by atoms with van der Waals surface area (Å²) in [4.78, 5) is 10.7. The first-order valence-electron chi connectivity index (χ1n) is 6.24. The fourth-order valence-electron chi connectivity index (χ4n) is 1.85. The summed E-state index contributed by atoms with van der Waals surface area (Å²) in [6.45, 7) is 2.19. The largest absolute Gasteiger partial charge is 0.369 e. The van der Waals surface area contributed by atoms with E-state index >= 15 is 0 Å². The molecule has 0 spiro atoms. The predicted octanol–water partition coefficient (Wildman–Crippen LogP) is 3.39. The van der Waals surface area contributed by atoms with Crippen LogP contribution in [0.1, 0.15) is 44.1 Å². The lowest BCUT2D eigenvalue weighted by molar-refractivity contribution is -0.117. The van der Waals surface area contributed by atoms with Crippen molar-refractivity contribution in [1.29, 1.82) is 0 Å². The summed E-state index contributed by atoms with van der Waals surface area (Å²) in [6, 6.07) is 10.4. The van der Waals surface area contributed by atoms with Gasteiger partial charge in [-0.1, -0.05) is 62.2 Å². The highest BCUT2D eigenvalue weighted by Gasteiger charge is 2.06. The summed E-state index contributed by atoms with van der Waals surface area (Å²) in [5.41, 5.74) is 6.43. The number of unbranched alkanes of at least 4 members (excludes halogenated alkanes) is 1. The molecule has 0 aliphatic rings. The molecule has 1 aromatic carbocycles. The third-order valence-electron chi connectivity index (χ3n) is 2.78. The second-order valence-corrected chi connectivity index (χ2v) is 4.26. The standard InChI is InChI=1S/C15H21NO/c1-2-3-8-13(11-7-12-15(16)17)14-9-5-4-6-10-14/h4-7,9-11,13H,2-3,8,12H2,1H3,(H2,16,17)/b11-7+. The van der Waals surface area contributed by atoms with Gasteiger partial charge in [-0.15, -0.1) is 0 Å². The van der Waals surface area contributed by atoms with Gasteiger partial charge in [0.2, 0.25) is 5.91 Å². The minimum absolute atomic E-state index is 0.274. The molecule has 92 valence electrons.